The number of aliphatic hydroxyl groups excluding tert-OH is 1. The first-order chi connectivity index (χ1) is 18.2. The van der Waals surface area contributed by atoms with Crippen molar-refractivity contribution in [3.8, 4) is 6.07 Å². The highest BCUT2D eigenvalue weighted by atomic mass is 79.9. The second kappa shape index (κ2) is 9.61. The molecule has 198 valence electrons. The second-order valence-corrected chi connectivity index (χ2v) is 14.3. The number of halogens is 1. The van der Waals surface area contributed by atoms with Crippen molar-refractivity contribution in [1.29, 1.82) is 5.26 Å². The number of carbonyl (C=O) groups is 1. The van der Waals surface area contributed by atoms with E-state index in [4.69, 9.17) is 4.98 Å². The number of ketones is 1. The molecular formula is C32H35BrN2O2S. The van der Waals surface area contributed by atoms with Crippen molar-refractivity contribution in [2.45, 2.75) is 82.3 Å². The maximum absolute atomic E-state index is 12.9. The molecule has 38 heavy (non-hydrogen) atoms. The number of pyridine rings is 1. The lowest BCUT2D eigenvalue weighted by Gasteiger charge is -2.57. The van der Waals surface area contributed by atoms with E-state index in [1.54, 1.807) is 0 Å². The van der Waals surface area contributed by atoms with Gasteiger partial charge in [0.25, 0.3) is 0 Å². The monoisotopic (exact) mass is 590 g/mol. The summed E-state index contributed by atoms with van der Waals surface area (Å²) in [5.41, 5.74) is 6.59. The van der Waals surface area contributed by atoms with Crippen LogP contribution in [0.25, 0.3) is 0 Å². The Balaban J connectivity index is 1.31. The molecule has 6 rings (SSSR count). The van der Waals surface area contributed by atoms with Gasteiger partial charge in [0.05, 0.1) is 17.4 Å². The fourth-order valence-corrected chi connectivity index (χ4v) is 9.85. The summed E-state index contributed by atoms with van der Waals surface area (Å²) in [5.74, 6) is 2.04. The SMILES string of the molecule is Cc1nc(SCC(=O)c2ccc(Br)cc2)c(C#N)c2c1[C@]1(C)CC[C@@H]3[C@H](CC=C4C[C@H](O)CC[C@@]43C)[C@@H]1C2. The zero-order valence-electron chi connectivity index (χ0n) is 22.4. The lowest BCUT2D eigenvalue weighted by molar-refractivity contribution is -0.0164. The number of carbonyl (C=O) groups excluding carboxylic acids is 1. The smallest absolute Gasteiger partial charge is 0.173 e. The quantitative estimate of drug-likeness (QED) is 0.229. The van der Waals surface area contributed by atoms with E-state index in [-0.39, 0.29) is 28.5 Å². The van der Waals surface area contributed by atoms with Crippen LogP contribution in [0.5, 0.6) is 0 Å². The Hall–Kier alpha value is -1.94. The molecule has 6 heteroatoms. The molecule has 0 bridgehead atoms. The van der Waals surface area contributed by atoms with Crippen LogP contribution in [0.15, 0.2) is 45.4 Å². The van der Waals surface area contributed by atoms with Crippen molar-refractivity contribution in [3.05, 3.63) is 68.3 Å². The van der Waals surface area contributed by atoms with Crippen molar-refractivity contribution in [1.82, 2.24) is 4.98 Å². The zero-order valence-corrected chi connectivity index (χ0v) is 24.8. The number of allylic oxidation sites excluding steroid dienone is 1. The van der Waals surface area contributed by atoms with Crippen LogP contribution >= 0.6 is 27.7 Å². The topological polar surface area (TPSA) is 74.0 Å². The summed E-state index contributed by atoms with van der Waals surface area (Å²) in [5, 5.41) is 21.4. The van der Waals surface area contributed by atoms with E-state index in [1.165, 1.54) is 34.9 Å². The standard InChI is InChI=1S/C32H35BrN2O2S/c1-18-29-24(25(16-34)30(35-18)38-17-28(37)19-4-7-21(33)8-5-19)15-27-23-9-6-20-14-22(36)10-12-31(20,2)26(23)11-13-32(27,29)3/h4-8,22-23,26-27,36H,9-15,17H2,1-3H3/t22-,23+,26-,27+,31+,32-/m1/s1. The van der Waals surface area contributed by atoms with Gasteiger partial charge in [-0.3, -0.25) is 4.79 Å². The molecule has 0 radical (unpaired) electrons. The van der Waals surface area contributed by atoms with Crippen LogP contribution in [0, 0.1) is 41.4 Å². The van der Waals surface area contributed by atoms with E-state index in [2.05, 4.69) is 48.8 Å². The van der Waals surface area contributed by atoms with Crippen molar-refractivity contribution >= 4 is 33.5 Å². The van der Waals surface area contributed by atoms with Crippen molar-refractivity contribution in [2.75, 3.05) is 5.75 Å². The van der Waals surface area contributed by atoms with Gasteiger partial charge in [0.2, 0.25) is 0 Å². The third kappa shape index (κ3) is 4.03. The third-order valence-electron chi connectivity index (χ3n) is 10.5. The molecule has 4 aliphatic carbocycles. The Labute approximate surface area is 238 Å². The Morgan fingerprint density at radius 2 is 1.89 bits per heavy atom. The lowest BCUT2D eigenvalue weighted by Crippen LogP contribution is -2.51. The normalized spacial score (nSPS) is 33.3. The summed E-state index contributed by atoms with van der Waals surface area (Å²) in [7, 11) is 0. The first-order valence-corrected chi connectivity index (χ1v) is 15.7. The Kier molecular flexibility index (Phi) is 6.65. The second-order valence-electron chi connectivity index (χ2n) is 12.4. The predicted molar refractivity (Wildman–Crippen MR) is 154 cm³/mol. The highest BCUT2D eigenvalue weighted by Gasteiger charge is 2.58. The number of rotatable bonds is 4. The Morgan fingerprint density at radius 3 is 2.63 bits per heavy atom. The molecule has 1 N–H and O–H groups in total. The summed E-state index contributed by atoms with van der Waals surface area (Å²) in [6.45, 7) is 6.98. The maximum Gasteiger partial charge on any atom is 0.173 e. The highest BCUT2D eigenvalue weighted by molar-refractivity contribution is 9.10. The van der Waals surface area contributed by atoms with E-state index in [0.717, 1.165) is 48.7 Å². The Bertz CT molecular complexity index is 1380. The van der Waals surface area contributed by atoms with Gasteiger partial charge in [-0.1, -0.05) is 65.3 Å². The van der Waals surface area contributed by atoms with Crippen molar-refractivity contribution in [2.24, 2.45) is 23.2 Å². The number of Topliss-reactive ketones (excluding diaryl/α,β-unsaturated/α-hetero) is 1. The fourth-order valence-electron chi connectivity index (χ4n) is 8.64. The molecule has 0 aliphatic heterocycles. The average Bonchev–Trinajstić information content (AvgIpc) is 3.22. The van der Waals surface area contributed by atoms with Crippen LogP contribution in [0.2, 0.25) is 0 Å². The highest BCUT2D eigenvalue weighted by Crippen LogP contribution is 2.64. The predicted octanol–water partition coefficient (Wildman–Crippen LogP) is 7.34. The van der Waals surface area contributed by atoms with E-state index < -0.39 is 0 Å². The fraction of sp³-hybridized carbons (Fsp3) is 0.531. The van der Waals surface area contributed by atoms with E-state index >= 15 is 0 Å². The maximum atomic E-state index is 12.9. The molecule has 0 amide bonds. The molecule has 1 aromatic heterocycles. The van der Waals surface area contributed by atoms with Gasteiger partial charge in [-0.15, -0.1) is 0 Å². The molecule has 2 fully saturated rings. The van der Waals surface area contributed by atoms with Gasteiger partial charge in [0.1, 0.15) is 11.1 Å². The number of hydrogen-bond donors (Lipinski definition) is 1. The van der Waals surface area contributed by atoms with Crippen LogP contribution < -0.4 is 0 Å². The average molecular weight is 592 g/mol. The summed E-state index contributed by atoms with van der Waals surface area (Å²) in [6.07, 6.45) is 9.42. The van der Waals surface area contributed by atoms with Gasteiger partial charge in [-0.2, -0.15) is 5.26 Å². The number of nitrogens with zero attached hydrogens (tertiary/aromatic N) is 2. The number of hydrogen-bond acceptors (Lipinski definition) is 5. The summed E-state index contributed by atoms with van der Waals surface area (Å²) in [4.78, 5) is 17.8. The molecular weight excluding hydrogens is 556 g/mol. The lowest BCUT2D eigenvalue weighted by atomic mass is 9.47. The van der Waals surface area contributed by atoms with Crippen LogP contribution in [0.3, 0.4) is 0 Å². The molecule has 2 saturated carbocycles. The molecule has 0 saturated heterocycles. The number of benzene rings is 1. The van der Waals surface area contributed by atoms with Gasteiger partial charge in [-0.25, -0.2) is 4.98 Å². The van der Waals surface area contributed by atoms with Gasteiger partial charge < -0.3 is 5.11 Å². The molecule has 6 atom stereocenters. The van der Waals surface area contributed by atoms with Crippen LogP contribution in [0.4, 0.5) is 0 Å². The summed E-state index contributed by atoms with van der Waals surface area (Å²) >= 11 is 4.82. The van der Waals surface area contributed by atoms with Crippen molar-refractivity contribution < 1.29 is 9.90 Å². The minimum absolute atomic E-state index is 0.0332. The molecule has 4 aliphatic rings. The molecule has 1 heterocycles. The van der Waals surface area contributed by atoms with E-state index in [9.17, 15) is 15.2 Å². The van der Waals surface area contributed by atoms with Gasteiger partial charge in [0.15, 0.2) is 5.78 Å². The number of aryl methyl sites for hydroxylation is 1. The Morgan fingerprint density at radius 1 is 1.16 bits per heavy atom. The van der Waals surface area contributed by atoms with Gasteiger partial charge in [0, 0.05) is 15.7 Å². The molecule has 0 spiro atoms. The van der Waals surface area contributed by atoms with Crippen LogP contribution in [-0.4, -0.2) is 27.7 Å². The zero-order chi connectivity index (χ0) is 26.8. The van der Waals surface area contributed by atoms with E-state index in [0.29, 0.717) is 33.9 Å². The number of thioether (sulfide) groups is 1. The summed E-state index contributed by atoms with van der Waals surface area (Å²) in [6, 6.07) is 9.94. The first-order valence-electron chi connectivity index (χ1n) is 13.9. The van der Waals surface area contributed by atoms with Crippen molar-refractivity contribution in [3.63, 3.8) is 0 Å². The number of fused-ring (bicyclic) bond motifs is 7. The molecule has 4 nitrogen and oxygen atoms in total. The van der Waals surface area contributed by atoms with Crippen LogP contribution in [-0.2, 0) is 11.8 Å². The van der Waals surface area contributed by atoms with E-state index in [1.807, 2.05) is 24.3 Å². The minimum atomic E-state index is -0.186. The number of aliphatic hydroxyl groups is 1. The first kappa shape index (κ1) is 26.3. The largest absolute Gasteiger partial charge is 0.393 e. The number of nitriles is 1. The molecule has 1 aromatic carbocycles. The molecule has 0 unspecified atom stereocenters. The third-order valence-corrected chi connectivity index (χ3v) is 12.0. The van der Waals surface area contributed by atoms with Gasteiger partial charge in [-0.05, 0) is 104 Å². The molecule has 2 aromatic rings. The number of aromatic nitrogens is 1. The van der Waals surface area contributed by atoms with Crippen LogP contribution in [0.1, 0.15) is 85.1 Å². The minimum Gasteiger partial charge on any atom is -0.393 e. The van der Waals surface area contributed by atoms with Gasteiger partial charge >= 0.3 is 0 Å². The summed E-state index contributed by atoms with van der Waals surface area (Å²) < 4.78 is 0.946.